The van der Waals surface area contributed by atoms with Crippen LogP contribution in [0.5, 0.6) is 11.8 Å². The number of terminal acetylenes is 1. The van der Waals surface area contributed by atoms with Crippen molar-refractivity contribution in [1.29, 1.82) is 0 Å². The van der Waals surface area contributed by atoms with Crippen molar-refractivity contribution in [2.45, 2.75) is 26.3 Å². The van der Waals surface area contributed by atoms with Crippen LogP contribution in [0.2, 0.25) is 0 Å². The maximum absolute atomic E-state index is 14.9. The zero-order valence-corrected chi connectivity index (χ0v) is 26.8. The molecule has 0 radical (unpaired) electrons. The summed E-state index contributed by atoms with van der Waals surface area (Å²) in [6, 6.07) is 9.58. The molecule has 1 saturated heterocycles. The highest BCUT2D eigenvalue weighted by Gasteiger charge is 2.45. The van der Waals surface area contributed by atoms with Gasteiger partial charge in [-0.3, -0.25) is 4.90 Å². The number of pyridine rings is 1. The number of aromatic hydroxyl groups is 1. The summed E-state index contributed by atoms with van der Waals surface area (Å²) in [6.45, 7) is 6.60. The number of aryl methyl sites for hydroxylation is 1. The fourth-order valence-electron chi connectivity index (χ4n) is 6.74. The van der Waals surface area contributed by atoms with Gasteiger partial charge >= 0.3 is 11.6 Å². The Balaban J connectivity index is 1.23. The first-order valence-electron chi connectivity index (χ1n) is 16.2. The Kier molecular flexibility index (Phi) is 7.66. The molecule has 248 valence electrons. The predicted octanol–water partition coefficient (Wildman–Crippen LogP) is 5.52. The summed E-state index contributed by atoms with van der Waals surface area (Å²) in [7, 11) is 0. The highest BCUT2D eigenvalue weighted by atomic mass is 19.1. The largest absolute Gasteiger partial charge is 0.508 e. The Labute approximate surface area is 280 Å². The number of fused-ring (bicyclic) bond motifs is 3. The van der Waals surface area contributed by atoms with Gasteiger partial charge in [0.15, 0.2) is 0 Å². The molecule has 3 N–H and O–H groups in total. The van der Waals surface area contributed by atoms with Crippen molar-refractivity contribution < 1.29 is 23.4 Å². The van der Waals surface area contributed by atoms with Gasteiger partial charge in [0.2, 0.25) is 0 Å². The Morgan fingerprint density at radius 1 is 1.18 bits per heavy atom. The van der Waals surface area contributed by atoms with E-state index in [2.05, 4.69) is 31.1 Å². The molecule has 6 aromatic rings. The monoisotopic (exact) mass is 660 g/mol. The molecule has 0 unspecified atom stereocenters. The van der Waals surface area contributed by atoms with Crippen LogP contribution in [0, 0.1) is 30.5 Å². The molecule has 0 atom stereocenters. The fourth-order valence-corrected chi connectivity index (χ4v) is 6.74. The zero-order valence-electron chi connectivity index (χ0n) is 26.8. The number of H-pyrrole nitrogens is 1. The lowest BCUT2D eigenvalue weighted by Gasteiger charge is -2.30. The lowest BCUT2D eigenvalue weighted by Crippen LogP contribution is -2.41. The normalized spacial score (nSPS) is 15.9. The maximum Gasteiger partial charge on any atom is 0.349 e. The first-order valence-corrected chi connectivity index (χ1v) is 16.2. The summed E-state index contributed by atoms with van der Waals surface area (Å²) < 4.78 is 32.7. The molecule has 2 aromatic carbocycles. The number of nitrogens with one attached hydrogen (secondary N) is 2. The number of benzene rings is 2. The first-order chi connectivity index (χ1) is 23.8. The average molecular weight is 661 g/mol. The second-order valence-electron chi connectivity index (χ2n) is 12.8. The topological polar surface area (TPSA) is 139 Å². The standard InChI is InChI=1S/C37H33FN6O5/c1-3-25-28(38)7-6-22-15-24(45)16-27(29(22)25)32-21(2)31-30(35(46)49-32)34(41-18-23-17-40-33-26(23)5-4-10-39-33)43-36(42-31)48-20-37(8-9-37)19-44-11-13-47-14-12-44/h1,4-7,10,15-17,45H,8-9,11-14,18-20H2,2H3,(H,39,40)(H,41,42,43). The minimum atomic E-state index is -0.716. The second kappa shape index (κ2) is 12.2. The number of rotatable bonds is 9. The van der Waals surface area contributed by atoms with Gasteiger partial charge in [0.1, 0.15) is 34.2 Å². The van der Waals surface area contributed by atoms with Crippen LogP contribution in [-0.4, -0.2) is 69.4 Å². The van der Waals surface area contributed by atoms with Gasteiger partial charge in [-0.2, -0.15) is 9.97 Å². The van der Waals surface area contributed by atoms with Gasteiger partial charge in [0.25, 0.3) is 0 Å². The van der Waals surface area contributed by atoms with Crippen molar-refractivity contribution in [2.24, 2.45) is 5.41 Å². The Hall–Kier alpha value is -5.51. The van der Waals surface area contributed by atoms with Gasteiger partial charge in [-0.25, -0.2) is 14.2 Å². The molecular formula is C37H33FN6O5. The smallest absolute Gasteiger partial charge is 0.349 e. The molecule has 5 heterocycles. The minimum absolute atomic E-state index is 0.00747. The molecule has 0 spiro atoms. The SMILES string of the molecule is C#Cc1c(F)ccc2cc(O)cc(-c3oc(=O)c4c(NCc5c[nH]c6ncccc56)nc(OCC5(CN6CCOCC6)CC5)nc4c3C)c12. The van der Waals surface area contributed by atoms with Crippen LogP contribution in [-0.2, 0) is 11.3 Å². The van der Waals surface area contributed by atoms with Gasteiger partial charge in [-0.05, 0) is 61.0 Å². The van der Waals surface area contributed by atoms with E-state index >= 15 is 0 Å². The molecule has 49 heavy (non-hydrogen) atoms. The minimum Gasteiger partial charge on any atom is -0.508 e. The van der Waals surface area contributed by atoms with Gasteiger partial charge in [0, 0.05) is 65.9 Å². The van der Waals surface area contributed by atoms with E-state index in [1.54, 1.807) is 13.1 Å². The lowest BCUT2D eigenvalue weighted by atomic mass is 9.95. The molecule has 2 aliphatic rings. The van der Waals surface area contributed by atoms with E-state index < -0.39 is 11.4 Å². The maximum atomic E-state index is 14.9. The molecule has 12 heteroatoms. The lowest BCUT2D eigenvalue weighted by molar-refractivity contribution is 0.0231. The van der Waals surface area contributed by atoms with Crippen molar-refractivity contribution in [3.8, 4) is 35.4 Å². The average Bonchev–Trinajstić information content (AvgIpc) is 3.75. The van der Waals surface area contributed by atoms with E-state index in [1.165, 1.54) is 24.3 Å². The van der Waals surface area contributed by atoms with E-state index in [-0.39, 0.29) is 45.3 Å². The Bertz CT molecular complexity index is 2350. The molecule has 11 nitrogen and oxygen atoms in total. The number of aromatic amines is 1. The number of phenols is 1. The van der Waals surface area contributed by atoms with Gasteiger partial charge < -0.3 is 29.3 Å². The Morgan fingerprint density at radius 3 is 2.82 bits per heavy atom. The highest BCUT2D eigenvalue weighted by molar-refractivity contribution is 6.03. The van der Waals surface area contributed by atoms with Gasteiger partial charge in [-0.1, -0.05) is 12.0 Å². The molecule has 0 amide bonds. The predicted molar refractivity (Wildman–Crippen MR) is 183 cm³/mol. The fraction of sp³-hybridized carbons (Fsp3) is 0.297. The van der Waals surface area contributed by atoms with Crippen LogP contribution in [0.1, 0.15) is 29.5 Å². The molecule has 4 aromatic heterocycles. The summed E-state index contributed by atoms with van der Waals surface area (Å²) in [6.07, 6.45) is 11.4. The number of halogens is 1. The van der Waals surface area contributed by atoms with Crippen molar-refractivity contribution in [3.63, 3.8) is 0 Å². The van der Waals surface area contributed by atoms with Gasteiger partial charge in [-0.15, -0.1) is 6.42 Å². The highest BCUT2D eigenvalue weighted by Crippen LogP contribution is 2.47. The van der Waals surface area contributed by atoms with E-state index in [4.69, 9.17) is 25.3 Å². The van der Waals surface area contributed by atoms with Crippen LogP contribution < -0.4 is 15.7 Å². The molecule has 2 fully saturated rings. The summed E-state index contributed by atoms with van der Waals surface area (Å²) in [5, 5.41) is 15.8. The second-order valence-corrected chi connectivity index (χ2v) is 12.8. The summed E-state index contributed by atoms with van der Waals surface area (Å²) in [5.74, 6) is 2.06. The van der Waals surface area contributed by atoms with Crippen LogP contribution >= 0.6 is 0 Å². The van der Waals surface area contributed by atoms with Gasteiger partial charge in [0.05, 0.1) is 30.9 Å². The third kappa shape index (κ3) is 5.71. The number of morpholine rings is 1. The van der Waals surface area contributed by atoms with E-state index in [9.17, 15) is 14.3 Å². The number of phenolic OH excluding ortho intramolecular Hbond substituents is 1. The number of hydrogen-bond donors (Lipinski definition) is 3. The van der Waals surface area contributed by atoms with Crippen molar-refractivity contribution in [1.82, 2.24) is 24.8 Å². The third-order valence-electron chi connectivity index (χ3n) is 9.53. The molecule has 1 aliphatic carbocycles. The van der Waals surface area contributed by atoms with Crippen LogP contribution in [0.4, 0.5) is 10.2 Å². The van der Waals surface area contributed by atoms with E-state index in [0.717, 1.165) is 62.3 Å². The Morgan fingerprint density at radius 2 is 2.02 bits per heavy atom. The molecule has 1 aliphatic heterocycles. The van der Waals surface area contributed by atoms with Crippen LogP contribution in [0.15, 0.2) is 58.0 Å². The molecule has 8 rings (SSSR count). The summed E-state index contributed by atoms with van der Waals surface area (Å²) in [5.41, 5.74) is 1.97. The number of nitrogens with zero attached hydrogens (tertiary/aromatic N) is 4. The molecule has 0 bridgehead atoms. The van der Waals surface area contributed by atoms with Crippen LogP contribution in [0.25, 0.3) is 44.0 Å². The number of ether oxygens (including phenoxy) is 2. The summed E-state index contributed by atoms with van der Waals surface area (Å²) in [4.78, 5) is 33.3. The summed E-state index contributed by atoms with van der Waals surface area (Å²) >= 11 is 0. The first kappa shape index (κ1) is 30.8. The van der Waals surface area contributed by atoms with Crippen molar-refractivity contribution in [3.05, 3.63) is 81.7 Å². The van der Waals surface area contributed by atoms with Crippen LogP contribution in [0.3, 0.4) is 0 Å². The van der Waals surface area contributed by atoms with E-state index in [1.807, 2.05) is 18.3 Å². The molecular weight excluding hydrogens is 627 g/mol. The van der Waals surface area contributed by atoms with Crippen molar-refractivity contribution >= 4 is 38.5 Å². The number of hydrogen-bond acceptors (Lipinski definition) is 10. The van der Waals surface area contributed by atoms with E-state index in [0.29, 0.717) is 35.0 Å². The molecule has 1 saturated carbocycles. The quantitative estimate of drug-likeness (QED) is 0.170. The third-order valence-corrected chi connectivity index (χ3v) is 9.53. The zero-order chi connectivity index (χ0) is 33.7. The van der Waals surface area contributed by atoms with Crippen molar-refractivity contribution in [2.75, 3.05) is 44.8 Å². The number of aromatic nitrogens is 4. The number of anilines is 1.